The Labute approximate surface area is 149 Å². The molecule has 1 nitrogen and oxygen atoms in total. The molecular weight excluding hydrogens is 316 g/mol. The Hall–Kier alpha value is -0.383. The molecule has 0 N–H and O–H groups in total. The normalized spacial score (nSPS) is 13.6. The van der Waals surface area contributed by atoms with Crippen molar-refractivity contribution in [3.05, 3.63) is 28.5 Å². The maximum absolute atomic E-state index is 6.95. The van der Waals surface area contributed by atoms with E-state index in [0.717, 1.165) is 25.7 Å². The fourth-order valence-electron chi connectivity index (χ4n) is 3.33. The molecule has 1 aromatic heterocycles. The van der Waals surface area contributed by atoms with Gasteiger partial charge in [0.1, 0.15) is 0 Å². The van der Waals surface area contributed by atoms with Gasteiger partial charge in [-0.25, -0.2) is 0 Å². The predicted octanol–water partition coefficient (Wildman–Crippen LogP) is 7.31. The molecule has 0 bridgehead atoms. The first-order valence-corrected chi connectivity index (χ1v) is 12.7. The molecule has 1 radical (unpaired) electrons. The third kappa shape index (κ3) is 5.58. The Morgan fingerprint density at radius 1 is 1.17 bits per heavy atom. The van der Waals surface area contributed by atoms with Crippen molar-refractivity contribution >= 4 is 25.2 Å². The molecule has 0 aliphatic carbocycles. The van der Waals surface area contributed by atoms with Crippen LogP contribution in [-0.4, -0.2) is 13.9 Å². The second kappa shape index (κ2) is 9.80. The van der Waals surface area contributed by atoms with E-state index in [0.29, 0.717) is 0 Å². The topological polar surface area (TPSA) is 9.23 Å². The van der Waals surface area contributed by atoms with Gasteiger partial charge in [-0.05, 0) is 68.4 Å². The van der Waals surface area contributed by atoms with E-state index in [2.05, 4.69) is 59.1 Å². The largest absolute Gasteiger partial charge is 0.411 e. The van der Waals surface area contributed by atoms with Gasteiger partial charge in [-0.3, -0.25) is 0 Å². The standard InChI is InChI=1S/C20H35OSSi/c1-7-20(8-2,21-23(9-3,10-4)11-5)16-12-14-18(6)19-15-13-17-22-19/h13-15H,7-12,16H2,1-6H3/b18-14+. The third-order valence-electron chi connectivity index (χ3n) is 5.57. The molecule has 0 atom stereocenters. The summed E-state index contributed by atoms with van der Waals surface area (Å²) in [5, 5.41) is 3.18. The van der Waals surface area contributed by atoms with E-state index in [-0.39, 0.29) is 5.60 Å². The van der Waals surface area contributed by atoms with Crippen LogP contribution in [0.5, 0.6) is 0 Å². The highest BCUT2D eigenvalue weighted by Gasteiger charge is 2.38. The summed E-state index contributed by atoms with van der Waals surface area (Å²) >= 11 is 1.70. The molecular formula is C20H35OSSi. The summed E-state index contributed by atoms with van der Waals surface area (Å²) < 4.78 is 6.95. The predicted molar refractivity (Wildman–Crippen MR) is 108 cm³/mol. The molecule has 3 heteroatoms. The van der Waals surface area contributed by atoms with Crippen LogP contribution in [0.15, 0.2) is 18.2 Å². The lowest BCUT2D eigenvalue weighted by molar-refractivity contribution is 0.0397. The molecule has 23 heavy (non-hydrogen) atoms. The first-order chi connectivity index (χ1) is 11.0. The number of hydrogen-bond donors (Lipinski definition) is 0. The molecule has 0 amide bonds. The smallest absolute Gasteiger partial charge is 0.192 e. The Morgan fingerprint density at radius 2 is 1.78 bits per heavy atom. The highest BCUT2D eigenvalue weighted by Crippen LogP contribution is 2.35. The van der Waals surface area contributed by atoms with Crippen molar-refractivity contribution in [1.82, 2.24) is 0 Å². The number of rotatable bonds is 11. The molecule has 0 aliphatic rings. The second-order valence-corrected chi connectivity index (χ2v) is 12.2. The molecule has 0 aliphatic heterocycles. The molecule has 0 saturated heterocycles. The van der Waals surface area contributed by atoms with E-state index < -0.39 is 8.32 Å². The Balaban J connectivity index is 2.79. The van der Waals surface area contributed by atoms with Gasteiger partial charge >= 0.3 is 0 Å². The maximum atomic E-state index is 6.95. The molecule has 0 spiro atoms. The van der Waals surface area contributed by atoms with Gasteiger partial charge in [-0.15, -0.1) is 11.3 Å². The van der Waals surface area contributed by atoms with Gasteiger partial charge in [-0.1, -0.05) is 40.7 Å². The average molecular weight is 352 g/mol. The molecule has 1 heterocycles. The molecule has 131 valence electrons. The van der Waals surface area contributed by atoms with Gasteiger partial charge in [0.2, 0.25) is 0 Å². The molecule has 0 aromatic carbocycles. The van der Waals surface area contributed by atoms with Gasteiger partial charge in [0, 0.05) is 10.3 Å². The van der Waals surface area contributed by atoms with Crippen LogP contribution in [0.3, 0.4) is 0 Å². The van der Waals surface area contributed by atoms with Crippen LogP contribution in [0.1, 0.15) is 72.1 Å². The highest BCUT2D eigenvalue weighted by atomic mass is 32.1. The maximum Gasteiger partial charge on any atom is 0.192 e. The Kier molecular flexibility index (Phi) is 8.81. The Bertz CT molecular complexity index is 448. The highest BCUT2D eigenvalue weighted by molar-refractivity contribution is 7.10. The van der Waals surface area contributed by atoms with E-state index in [9.17, 15) is 0 Å². The van der Waals surface area contributed by atoms with Crippen molar-refractivity contribution in [3.63, 3.8) is 0 Å². The van der Waals surface area contributed by atoms with Crippen LogP contribution >= 0.6 is 11.3 Å². The van der Waals surface area contributed by atoms with Crippen LogP contribution in [0, 0.1) is 5.38 Å². The van der Waals surface area contributed by atoms with Crippen molar-refractivity contribution in [1.29, 1.82) is 0 Å². The molecule has 0 fully saturated rings. The minimum absolute atomic E-state index is 0.0760. The molecule has 1 rings (SSSR count). The van der Waals surface area contributed by atoms with Crippen LogP contribution in [-0.2, 0) is 4.43 Å². The molecule has 0 saturated carbocycles. The summed E-state index contributed by atoms with van der Waals surface area (Å²) in [6.07, 6.45) is 6.88. The molecule has 0 unspecified atom stereocenters. The lowest BCUT2D eigenvalue weighted by Crippen LogP contribution is -2.46. The number of allylic oxidation sites excluding steroid dienone is 2. The summed E-state index contributed by atoms with van der Waals surface area (Å²) in [6.45, 7) is 13.8. The van der Waals surface area contributed by atoms with E-state index in [1.54, 1.807) is 11.3 Å². The van der Waals surface area contributed by atoms with Crippen molar-refractivity contribution in [2.45, 2.75) is 91.0 Å². The lowest BCUT2D eigenvalue weighted by Gasteiger charge is -2.42. The fourth-order valence-corrected chi connectivity index (χ4v) is 7.22. The first-order valence-electron chi connectivity index (χ1n) is 9.33. The zero-order valence-electron chi connectivity index (χ0n) is 16.0. The van der Waals surface area contributed by atoms with E-state index in [1.807, 2.05) is 6.07 Å². The fraction of sp³-hybridized carbons (Fsp3) is 0.700. The SMILES string of the molecule is CCC(CC)(CC/C=C(\C)c1cc[c]s1)O[Si](CC)(CC)CC. The lowest BCUT2D eigenvalue weighted by atomic mass is 9.91. The van der Waals surface area contributed by atoms with Crippen LogP contribution in [0.4, 0.5) is 0 Å². The zero-order chi connectivity index (χ0) is 17.3. The van der Waals surface area contributed by atoms with Gasteiger partial charge in [0.05, 0.1) is 5.60 Å². The average Bonchev–Trinajstić information content (AvgIpc) is 3.13. The minimum atomic E-state index is -1.55. The van der Waals surface area contributed by atoms with E-state index in [4.69, 9.17) is 4.43 Å². The van der Waals surface area contributed by atoms with Gasteiger partial charge in [-0.2, -0.15) is 0 Å². The van der Waals surface area contributed by atoms with Gasteiger partial charge in [0.25, 0.3) is 0 Å². The second-order valence-electron chi connectivity index (χ2n) is 6.58. The number of hydrogen-bond acceptors (Lipinski definition) is 2. The van der Waals surface area contributed by atoms with Crippen molar-refractivity contribution in [2.24, 2.45) is 0 Å². The number of thiophene rings is 1. The van der Waals surface area contributed by atoms with Gasteiger partial charge < -0.3 is 4.43 Å². The molecule has 1 aromatic rings. The summed E-state index contributed by atoms with van der Waals surface area (Å²) in [5.74, 6) is 0. The van der Waals surface area contributed by atoms with Crippen LogP contribution in [0.2, 0.25) is 18.1 Å². The summed E-state index contributed by atoms with van der Waals surface area (Å²) in [6, 6.07) is 7.88. The summed E-state index contributed by atoms with van der Waals surface area (Å²) in [7, 11) is -1.55. The van der Waals surface area contributed by atoms with Crippen molar-refractivity contribution < 1.29 is 4.43 Å². The minimum Gasteiger partial charge on any atom is -0.411 e. The van der Waals surface area contributed by atoms with E-state index in [1.165, 1.54) is 28.6 Å². The van der Waals surface area contributed by atoms with Crippen LogP contribution < -0.4 is 0 Å². The van der Waals surface area contributed by atoms with E-state index >= 15 is 0 Å². The zero-order valence-corrected chi connectivity index (χ0v) is 17.8. The third-order valence-corrected chi connectivity index (χ3v) is 11.2. The van der Waals surface area contributed by atoms with Gasteiger partial charge in [0.15, 0.2) is 8.32 Å². The summed E-state index contributed by atoms with van der Waals surface area (Å²) in [5.41, 5.74) is 1.45. The first kappa shape index (κ1) is 20.7. The quantitative estimate of drug-likeness (QED) is 0.380. The van der Waals surface area contributed by atoms with Crippen molar-refractivity contribution in [3.8, 4) is 0 Å². The monoisotopic (exact) mass is 351 g/mol. The van der Waals surface area contributed by atoms with Crippen molar-refractivity contribution in [2.75, 3.05) is 0 Å². The summed E-state index contributed by atoms with van der Waals surface area (Å²) in [4.78, 5) is 1.34. The Morgan fingerprint density at radius 3 is 2.22 bits per heavy atom. The van der Waals surface area contributed by atoms with Crippen LogP contribution in [0.25, 0.3) is 5.57 Å².